The molecule has 1 aliphatic heterocycles. The number of benzene rings is 2. The van der Waals surface area contributed by atoms with E-state index < -0.39 is 6.04 Å². The van der Waals surface area contributed by atoms with Crippen LogP contribution in [0.3, 0.4) is 0 Å². The number of para-hydroxylation sites is 1. The van der Waals surface area contributed by atoms with Gasteiger partial charge >= 0.3 is 0 Å². The molecule has 0 bridgehead atoms. The highest BCUT2D eigenvalue weighted by molar-refractivity contribution is 6.30. The van der Waals surface area contributed by atoms with E-state index >= 15 is 0 Å². The Bertz CT molecular complexity index is 1580. The molecule has 4 aromatic rings. The molecule has 40 heavy (non-hydrogen) atoms. The molecule has 0 unspecified atom stereocenters. The molecule has 1 fully saturated rings. The number of nitrogens with zero attached hydrogens (tertiary/aromatic N) is 3. The van der Waals surface area contributed by atoms with Gasteiger partial charge in [-0.2, -0.15) is 0 Å². The number of carbonyl (C=O) groups excluding carboxylic acids is 3. The number of rotatable bonds is 6. The molecule has 6 rings (SSSR count). The SMILES string of the molecule is O=C(c1cccc2cccnc12)C1CCC(CN2C(=O)c3ccc(Cl)cc3CC(=O)[C@H]2Cc2ccccn2)CC1. The molecule has 3 heterocycles. The van der Waals surface area contributed by atoms with Gasteiger partial charge in [0.25, 0.3) is 5.91 Å². The second-order valence-electron chi connectivity index (χ2n) is 10.9. The fourth-order valence-electron chi connectivity index (χ4n) is 6.25. The average molecular weight is 552 g/mol. The molecule has 1 aliphatic carbocycles. The first-order valence-electron chi connectivity index (χ1n) is 13.9. The minimum atomic E-state index is -0.602. The van der Waals surface area contributed by atoms with E-state index in [2.05, 4.69) is 9.97 Å². The first-order chi connectivity index (χ1) is 19.5. The van der Waals surface area contributed by atoms with Crippen molar-refractivity contribution in [3.05, 3.63) is 107 Å². The Labute approximate surface area is 238 Å². The predicted molar refractivity (Wildman–Crippen MR) is 154 cm³/mol. The summed E-state index contributed by atoms with van der Waals surface area (Å²) in [6.07, 6.45) is 7.10. The first-order valence-corrected chi connectivity index (χ1v) is 14.3. The van der Waals surface area contributed by atoms with E-state index in [0.717, 1.165) is 42.3 Å². The Morgan fingerprint density at radius 3 is 2.50 bits per heavy atom. The van der Waals surface area contributed by atoms with Gasteiger partial charge in [0.1, 0.15) is 0 Å². The van der Waals surface area contributed by atoms with Crippen LogP contribution in [-0.2, 0) is 17.6 Å². The lowest BCUT2D eigenvalue weighted by Crippen LogP contribution is -2.48. The standard InChI is InChI=1S/C33H30ClN3O3/c34-25-13-14-27-24(17-25)18-30(38)29(19-26-7-1-2-15-35-26)37(33(27)40)20-21-9-11-23(12-10-21)32(39)28-8-3-5-22-6-4-16-36-31(22)28/h1-8,13-17,21,23,29H,9-12,18-20H2/t21?,23?,29-/m1/s1. The van der Waals surface area contributed by atoms with E-state index in [0.29, 0.717) is 34.7 Å². The number of ketones is 2. The smallest absolute Gasteiger partial charge is 0.254 e. The zero-order valence-electron chi connectivity index (χ0n) is 22.1. The number of amides is 1. The monoisotopic (exact) mass is 551 g/mol. The Kier molecular flexibility index (Phi) is 7.44. The molecular formula is C33H30ClN3O3. The summed E-state index contributed by atoms with van der Waals surface area (Å²) in [4.78, 5) is 51.6. The minimum Gasteiger partial charge on any atom is -0.328 e. The second kappa shape index (κ2) is 11.3. The Hall–Kier alpha value is -3.90. The van der Waals surface area contributed by atoms with Gasteiger partial charge in [-0.15, -0.1) is 0 Å². The minimum absolute atomic E-state index is 0.00709. The average Bonchev–Trinajstić information content (AvgIpc) is 3.07. The van der Waals surface area contributed by atoms with E-state index in [-0.39, 0.29) is 35.7 Å². The van der Waals surface area contributed by atoms with Gasteiger partial charge in [0.15, 0.2) is 11.6 Å². The van der Waals surface area contributed by atoms with Gasteiger partial charge in [-0.1, -0.05) is 35.9 Å². The zero-order chi connectivity index (χ0) is 27.6. The first kappa shape index (κ1) is 26.3. The molecule has 0 spiro atoms. The summed E-state index contributed by atoms with van der Waals surface area (Å²) in [5.74, 6) is 0.123. The van der Waals surface area contributed by atoms with Crippen molar-refractivity contribution >= 4 is 40.0 Å². The summed E-state index contributed by atoms with van der Waals surface area (Å²) in [5.41, 5.74) is 3.42. The number of carbonyl (C=O) groups is 3. The van der Waals surface area contributed by atoms with Crippen LogP contribution in [0.2, 0.25) is 5.02 Å². The number of pyridine rings is 2. The largest absolute Gasteiger partial charge is 0.328 e. The van der Waals surface area contributed by atoms with E-state index in [1.807, 2.05) is 48.5 Å². The van der Waals surface area contributed by atoms with Crippen molar-refractivity contribution in [2.75, 3.05) is 6.54 Å². The van der Waals surface area contributed by atoms with Crippen LogP contribution in [0.4, 0.5) is 0 Å². The second-order valence-corrected chi connectivity index (χ2v) is 11.3. The van der Waals surface area contributed by atoms with E-state index in [1.165, 1.54) is 0 Å². The normalized spacial score (nSPS) is 21.2. The van der Waals surface area contributed by atoms with Crippen LogP contribution >= 0.6 is 11.6 Å². The van der Waals surface area contributed by atoms with Crippen molar-refractivity contribution in [2.24, 2.45) is 11.8 Å². The third-order valence-corrected chi connectivity index (χ3v) is 8.61. The van der Waals surface area contributed by atoms with Gasteiger partial charge in [0.05, 0.1) is 11.6 Å². The highest BCUT2D eigenvalue weighted by Gasteiger charge is 2.38. The third-order valence-electron chi connectivity index (χ3n) is 8.37. The molecule has 2 aromatic heterocycles. The Morgan fingerprint density at radius 2 is 1.70 bits per heavy atom. The number of hydrogen-bond acceptors (Lipinski definition) is 5. The molecule has 1 amide bonds. The molecule has 6 nitrogen and oxygen atoms in total. The molecule has 2 aliphatic rings. The zero-order valence-corrected chi connectivity index (χ0v) is 22.9. The van der Waals surface area contributed by atoms with Gasteiger partial charge in [-0.05, 0) is 79.6 Å². The van der Waals surface area contributed by atoms with Crippen LogP contribution in [0, 0.1) is 11.8 Å². The molecule has 1 saturated carbocycles. The van der Waals surface area contributed by atoms with Crippen LogP contribution in [0.25, 0.3) is 10.9 Å². The molecule has 0 radical (unpaired) electrons. The molecule has 0 N–H and O–H groups in total. The van der Waals surface area contributed by atoms with E-state index in [9.17, 15) is 14.4 Å². The van der Waals surface area contributed by atoms with Gasteiger partial charge in [0.2, 0.25) is 0 Å². The fraction of sp³-hybridized carbons (Fsp3) is 0.303. The third kappa shape index (κ3) is 5.28. The number of fused-ring (bicyclic) bond motifs is 2. The summed E-state index contributed by atoms with van der Waals surface area (Å²) in [7, 11) is 0. The number of hydrogen-bond donors (Lipinski definition) is 0. The molecule has 7 heteroatoms. The summed E-state index contributed by atoms with van der Waals surface area (Å²) in [6.45, 7) is 0.473. The van der Waals surface area contributed by atoms with Crippen molar-refractivity contribution in [3.63, 3.8) is 0 Å². The predicted octanol–water partition coefficient (Wildman–Crippen LogP) is 6.15. The Morgan fingerprint density at radius 1 is 0.900 bits per heavy atom. The maximum absolute atomic E-state index is 13.9. The quantitative estimate of drug-likeness (QED) is 0.268. The van der Waals surface area contributed by atoms with Crippen LogP contribution in [0.5, 0.6) is 0 Å². The maximum atomic E-state index is 13.9. The van der Waals surface area contributed by atoms with Crippen molar-refractivity contribution in [2.45, 2.75) is 44.6 Å². The Balaban J connectivity index is 1.21. The lowest BCUT2D eigenvalue weighted by atomic mass is 9.78. The number of Topliss-reactive ketones (excluding diaryl/α,β-unsaturated/α-hetero) is 2. The van der Waals surface area contributed by atoms with Crippen molar-refractivity contribution in [1.82, 2.24) is 14.9 Å². The van der Waals surface area contributed by atoms with E-state index in [1.54, 1.807) is 35.5 Å². The highest BCUT2D eigenvalue weighted by Crippen LogP contribution is 2.34. The highest BCUT2D eigenvalue weighted by atomic mass is 35.5. The van der Waals surface area contributed by atoms with Crippen LogP contribution in [0.1, 0.15) is 57.7 Å². The van der Waals surface area contributed by atoms with Crippen molar-refractivity contribution in [3.8, 4) is 0 Å². The topological polar surface area (TPSA) is 80.2 Å². The summed E-state index contributed by atoms with van der Waals surface area (Å²) >= 11 is 6.22. The van der Waals surface area contributed by atoms with Crippen LogP contribution < -0.4 is 0 Å². The van der Waals surface area contributed by atoms with Crippen molar-refractivity contribution in [1.29, 1.82) is 0 Å². The number of halogens is 1. The van der Waals surface area contributed by atoms with E-state index in [4.69, 9.17) is 11.6 Å². The molecule has 202 valence electrons. The lowest BCUT2D eigenvalue weighted by Gasteiger charge is -2.35. The van der Waals surface area contributed by atoms with Crippen LogP contribution in [-0.4, -0.2) is 44.9 Å². The van der Waals surface area contributed by atoms with Crippen molar-refractivity contribution < 1.29 is 14.4 Å². The maximum Gasteiger partial charge on any atom is 0.254 e. The van der Waals surface area contributed by atoms with Gasteiger partial charge in [-0.25, -0.2) is 0 Å². The molecule has 2 aromatic carbocycles. The van der Waals surface area contributed by atoms with Crippen LogP contribution in [0.15, 0.2) is 79.1 Å². The number of aromatic nitrogens is 2. The summed E-state index contributed by atoms with van der Waals surface area (Å²) in [6, 6.07) is 19.8. The van der Waals surface area contributed by atoms with Gasteiger partial charge in [-0.3, -0.25) is 24.4 Å². The van der Waals surface area contributed by atoms with Gasteiger partial charge in [0, 0.05) is 64.9 Å². The lowest BCUT2D eigenvalue weighted by molar-refractivity contribution is -0.122. The summed E-state index contributed by atoms with van der Waals surface area (Å²) < 4.78 is 0. The molecular weight excluding hydrogens is 522 g/mol. The summed E-state index contributed by atoms with van der Waals surface area (Å²) in [5, 5.41) is 1.48. The fourth-order valence-corrected chi connectivity index (χ4v) is 6.45. The molecule has 0 saturated heterocycles. The van der Waals surface area contributed by atoms with Gasteiger partial charge < -0.3 is 4.90 Å². The molecule has 1 atom stereocenters.